The Morgan fingerprint density at radius 3 is 2.59 bits per heavy atom. The van der Waals surface area contributed by atoms with Gasteiger partial charge in [0.05, 0.1) is 30.0 Å². The number of nitrogens with zero attached hydrogens (tertiary/aromatic N) is 2. The van der Waals surface area contributed by atoms with Gasteiger partial charge in [0, 0.05) is 43.8 Å². The summed E-state index contributed by atoms with van der Waals surface area (Å²) in [6, 6.07) is 4.95. The van der Waals surface area contributed by atoms with Crippen LogP contribution in [0.5, 0.6) is 17.2 Å². The molecule has 8 nitrogen and oxygen atoms in total. The van der Waals surface area contributed by atoms with Crippen molar-refractivity contribution in [3.8, 4) is 17.2 Å². The van der Waals surface area contributed by atoms with E-state index in [0.29, 0.717) is 30.7 Å². The Hall–Kier alpha value is -3.24. The van der Waals surface area contributed by atoms with E-state index in [9.17, 15) is 13.6 Å². The summed E-state index contributed by atoms with van der Waals surface area (Å²) in [7, 11) is 1.69. The molecule has 1 saturated heterocycles. The van der Waals surface area contributed by atoms with Gasteiger partial charge in [-0.3, -0.25) is 9.48 Å². The molecule has 1 fully saturated rings. The number of primary amides is 1. The van der Waals surface area contributed by atoms with Gasteiger partial charge in [-0.25, -0.2) is 8.78 Å². The smallest absolute Gasteiger partial charge is 0.252 e. The summed E-state index contributed by atoms with van der Waals surface area (Å²) in [5.74, 6) is -3.50. The molecule has 0 atom stereocenters. The number of carbonyl (C=O) groups is 1. The summed E-state index contributed by atoms with van der Waals surface area (Å²) in [5.41, 5.74) is 6.00. The minimum Gasteiger partial charge on any atom is -0.491 e. The zero-order valence-electron chi connectivity index (χ0n) is 17.5. The van der Waals surface area contributed by atoms with Crippen LogP contribution in [0.3, 0.4) is 0 Å². The van der Waals surface area contributed by atoms with E-state index in [-0.39, 0.29) is 29.8 Å². The summed E-state index contributed by atoms with van der Waals surface area (Å²) < 4.78 is 52.6. The Morgan fingerprint density at radius 1 is 1.19 bits per heavy atom. The molecule has 0 aliphatic carbocycles. The molecule has 0 bridgehead atoms. The molecule has 32 heavy (non-hydrogen) atoms. The number of ether oxygens (including phenoxy) is 4. The van der Waals surface area contributed by atoms with Crippen molar-refractivity contribution in [1.82, 2.24) is 9.78 Å². The third-order valence-electron chi connectivity index (χ3n) is 5.17. The van der Waals surface area contributed by atoms with Gasteiger partial charge in [-0.2, -0.15) is 5.10 Å². The predicted molar refractivity (Wildman–Crippen MR) is 111 cm³/mol. The van der Waals surface area contributed by atoms with E-state index in [1.54, 1.807) is 17.9 Å². The van der Waals surface area contributed by atoms with E-state index in [0.717, 1.165) is 25.0 Å². The number of benzene rings is 2. The number of amides is 1. The normalized spacial score (nSPS) is 14.6. The highest BCUT2D eigenvalue weighted by molar-refractivity contribution is 6.00. The van der Waals surface area contributed by atoms with Crippen molar-refractivity contribution in [3.63, 3.8) is 0 Å². The van der Waals surface area contributed by atoms with Gasteiger partial charge in [0.25, 0.3) is 5.91 Å². The van der Waals surface area contributed by atoms with Gasteiger partial charge in [0.15, 0.2) is 17.4 Å². The van der Waals surface area contributed by atoms with E-state index in [4.69, 9.17) is 24.7 Å². The van der Waals surface area contributed by atoms with Crippen LogP contribution in [0.25, 0.3) is 10.9 Å². The molecule has 1 amide bonds. The molecule has 3 aromatic rings. The Bertz CT molecular complexity index is 1110. The third kappa shape index (κ3) is 4.81. The average Bonchev–Trinajstić information content (AvgIpc) is 3.13. The fraction of sp³-hybridized carbons (Fsp3) is 0.364. The molecule has 4 rings (SSSR count). The van der Waals surface area contributed by atoms with Gasteiger partial charge in [0.1, 0.15) is 18.1 Å². The fourth-order valence-corrected chi connectivity index (χ4v) is 3.50. The second kappa shape index (κ2) is 9.49. The van der Waals surface area contributed by atoms with Crippen molar-refractivity contribution in [3.05, 3.63) is 47.7 Å². The maximum atomic E-state index is 14.6. The average molecular weight is 447 g/mol. The van der Waals surface area contributed by atoms with Gasteiger partial charge < -0.3 is 24.7 Å². The highest BCUT2D eigenvalue weighted by Crippen LogP contribution is 2.34. The molecule has 1 aliphatic heterocycles. The van der Waals surface area contributed by atoms with E-state index in [2.05, 4.69) is 5.10 Å². The number of rotatable bonds is 8. The molecular formula is C22H23F2N3O5. The molecule has 0 unspecified atom stereocenters. The summed E-state index contributed by atoms with van der Waals surface area (Å²) in [6.45, 7) is 1.75. The largest absolute Gasteiger partial charge is 0.491 e. The molecule has 1 aliphatic rings. The van der Waals surface area contributed by atoms with Crippen LogP contribution in [0.4, 0.5) is 8.78 Å². The first-order valence-corrected chi connectivity index (χ1v) is 10.2. The Morgan fingerprint density at radius 2 is 1.91 bits per heavy atom. The zero-order chi connectivity index (χ0) is 22.7. The van der Waals surface area contributed by atoms with Crippen LogP contribution in [0.15, 0.2) is 30.5 Å². The molecule has 2 N–H and O–H groups in total. The lowest BCUT2D eigenvalue weighted by Crippen LogP contribution is -2.25. The Kier molecular flexibility index (Phi) is 6.52. The van der Waals surface area contributed by atoms with Crippen molar-refractivity contribution in [2.24, 2.45) is 12.8 Å². The van der Waals surface area contributed by atoms with Gasteiger partial charge in [-0.1, -0.05) is 0 Å². The SMILES string of the molecule is Cn1ncc2cc(C(N)=O)c(Oc3c(F)cc(OCCOC4CCOCC4)cc3F)cc21. The predicted octanol–water partition coefficient (Wildman–Crippen LogP) is 3.32. The van der Waals surface area contributed by atoms with E-state index in [1.807, 2.05) is 0 Å². The second-order valence-electron chi connectivity index (χ2n) is 7.39. The monoisotopic (exact) mass is 447 g/mol. The van der Waals surface area contributed by atoms with Crippen molar-refractivity contribution < 1.29 is 32.5 Å². The van der Waals surface area contributed by atoms with Crippen molar-refractivity contribution in [2.45, 2.75) is 18.9 Å². The molecule has 1 aromatic heterocycles. The van der Waals surface area contributed by atoms with Crippen LogP contribution in [-0.2, 0) is 16.5 Å². The molecule has 170 valence electrons. The van der Waals surface area contributed by atoms with Gasteiger partial charge in [-0.05, 0) is 18.9 Å². The quantitative estimate of drug-likeness (QED) is 0.532. The standard InChI is InChI=1S/C22H23F2N3O5/c1-27-19-11-20(16(22(25)28)8-13(19)12-26-27)32-21-17(23)9-15(10-18(21)24)31-7-6-30-14-2-4-29-5-3-14/h8-12,14H,2-7H2,1H3,(H2,25,28). The molecule has 2 heterocycles. The maximum absolute atomic E-state index is 14.6. The molecule has 0 radical (unpaired) electrons. The second-order valence-corrected chi connectivity index (χ2v) is 7.39. The van der Waals surface area contributed by atoms with Gasteiger partial charge in [-0.15, -0.1) is 0 Å². The van der Waals surface area contributed by atoms with Crippen molar-refractivity contribution in [2.75, 3.05) is 26.4 Å². The highest BCUT2D eigenvalue weighted by atomic mass is 19.1. The first-order chi connectivity index (χ1) is 15.4. The minimum absolute atomic E-state index is 0.000129. The summed E-state index contributed by atoms with van der Waals surface area (Å²) in [5, 5.41) is 4.72. The lowest BCUT2D eigenvalue weighted by molar-refractivity contribution is -0.0388. The molecular weight excluding hydrogens is 424 g/mol. The lowest BCUT2D eigenvalue weighted by Gasteiger charge is -2.22. The number of carbonyl (C=O) groups excluding carboxylic acids is 1. The van der Waals surface area contributed by atoms with Crippen LogP contribution in [-0.4, -0.2) is 48.2 Å². The van der Waals surface area contributed by atoms with Crippen molar-refractivity contribution in [1.29, 1.82) is 0 Å². The molecule has 0 saturated carbocycles. The maximum Gasteiger partial charge on any atom is 0.252 e. The van der Waals surface area contributed by atoms with E-state index in [1.165, 1.54) is 12.1 Å². The van der Waals surface area contributed by atoms with E-state index < -0.39 is 23.3 Å². The van der Waals surface area contributed by atoms with Crippen LogP contribution in [0.2, 0.25) is 0 Å². The third-order valence-corrected chi connectivity index (χ3v) is 5.17. The Balaban J connectivity index is 1.47. The molecule has 2 aromatic carbocycles. The molecule has 0 spiro atoms. The number of halogens is 2. The Labute approximate surface area is 182 Å². The number of aromatic nitrogens is 2. The number of hydrogen-bond donors (Lipinski definition) is 1. The number of hydrogen-bond acceptors (Lipinski definition) is 6. The van der Waals surface area contributed by atoms with Crippen LogP contribution in [0, 0.1) is 11.6 Å². The number of fused-ring (bicyclic) bond motifs is 1. The fourth-order valence-electron chi connectivity index (χ4n) is 3.50. The van der Waals surface area contributed by atoms with Crippen LogP contribution < -0.4 is 15.2 Å². The van der Waals surface area contributed by atoms with Crippen LogP contribution >= 0.6 is 0 Å². The summed E-state index contributed by atoms with van der Waals surface area (Å²) in [4.78, 5) is 11.8. The first kappa shape index (κ1) is 22.0. The molecule has 10 heteroatoms. The lowest BCUT2D eigenvalue weighted by atomic mass is 10.1. The van der Waals surface area contributed by atoms with Gasteiger partial charge >= 0.3 is 0 Å². The summed E-state index contributed by atoms with van der Waals surface area (Å²) >= 11 is 0. The zero-order valence-corrected chi connectivity index (χ0v) is 17.5. The number of nitrogens with two attached hydrogens (primary N) is 1. The van der Waals surface area contributed by atoms with Crippen molar-refractivity contribution >= 4 is 16.8 Å². The first-order valence-electron chi connectivity index (χ1n) is 10.2. The topological polar surface area (TPSA) is 97.8 Å². The van der Waals surface area contributed by atoms with E-state index >= 15 is 0 Å². The van der Waals surface area contributed by atoms with Gasteiger partial charge in [0.2, 0.25) is 0 Å². The minimum atomic E-state index is -0.981. The van der Waals surface area contributed by atoms with Crippen LogP contribution in [0.1, 0.15) is 23.2 Å². The summed E-state index contributed by atoms with van der Waals surface area (Å²) in [6.07, 6.45) is 3.28. The number of aryl methyl sites for hydroxylation is 1. The highest BCUT2D eigenvalue weighted by Gasteiger charge is 2.20.